The number of nitrogens with zero attached hydrogens (tertiary/aromatic N) is 5. The highest BCUT2D eigenvalue weighted by Gasteiger charge is 2.30. The van der Waals surface area contributed by atoms with E-state index < -0.39 is 0 Å². The molecule has 0 spiro atoms. The number of benzene rings is 1. The third-order valence-corrected chi connectivity index (χ3v) is 8.28. The molecule has 1 N–H and O–H groups in total. The van der Waals surface area contributed by atoms with Gasteiger partial charge in [0.2, 0.25) is 6.41 Å². The van der Waals surface area contributed by atoms with Crippen LogP contribution in [0.5, 0.6) is 5.75 Å². The Morgan fingerprint density at radius 1 is 1.24 bits per heavy atom. The third-order valence-electron chi connectivity index (χ3n) is 6.37. The minimum absolute atomic E-state index is 0.196. The van der Waals surface area contributed by atoms with Crippen molar-refractivity contribution < 1.29 is 9.53 Å². The number of likely N-dealkylation sites (tertiary alicyclic amines) is 1. The first-order valence-electron chi connectivity index (χ1n) is 12.6. The zero-order chi connectivity index (χ0) is 25.6. The van der Waals surface area contributed by atoms with Crippen molar-refractivity contribution in [2.24, 2.45) is 10.2 Å². The Kier molecular flexibility index (Phi) is 8.22. The smallest absolute Gasteiger partial charge is 0.266 e. The zero-order valence-electron chi connectivity index (χ0n) is 20.8. The minimum Gasteiger partial charge on any atom is -0.492 e. The summed E-state index contributed by atoms with van der Waals surface area (Å²) in [6, 6.07) is 6.04. The van der Waals surface area contributed by atoms with Crippen LogP contribution in [0.4, 0.5) is 10.8 Å². The van der Waals surface area contributed by atoms with Gasteiger partial charge in [-0.1, -0.05) is 17.8 Å². The van der Waals surface area contributed by atoms with Gasteiger partial charge in [0.05, 0.1) is 21.3 Å². The van der Waals surface area contributed by atoms with Crippen LogP contribution in [0.1, 0.15) is 42.5 Å². The molecule has 1 aliphatic carbocycles. The van der Waals surface area contributed by atoms with E-state index in [2.05, 4.69) is 25.1 Å². The number of thiazole rings is 2. The molecule has 11 heteroatoms. The van der Waals surface area contributed by atoms with Crippen molar-refractivity contribution in [2.75, 3.05) is 31.1 Å². The van der Waals surface area contributed by atoms with Crippen molar-refractivity contribution in [2.45, 2.75) is 45.1 Å². The van der Waals surface area contributed by atoms with Crippen molar-refractivity contribution in [1.29, 1.82) is 0 Å². The molecule has 0 unspecified atom stereocenters. The SMILES string of the molecule is Cc1cc(OCCN2CCCCC2)ccc1N=N/C=c1/[nH]c(=O)/c(=C/c2cnc(N(C=O)C3CC3)s2)s1. The lowest BCUT2D eigenvalue weighted by Crippen LogP contribution is -2.33. The van der Waals surface area contributed by atoms with Gasteiger partial charge in [0, 0.05) is 18.8 Å². The Morgan fingerprint density at radius 2 is 2.08 bits per heavy atom. The first kappa shape index (κ1) is 25.5. The summed E-state index contributed by atoms with van der Waals surface area (Å²) in [5, 5.41) is 9.14. The number of amides is 1. The summed E-state index contributed by atoms with van der Waals surface area (Å²) >= 11 is 2.69. The lowest BCUT2D eigenvalue weighted by molar-refractivity contribution is -0.107. The molecule has 1 saturated carbocycles. The van der Waals surface area contributed by atoms with Crippen molar-refractivity contribution in [3.05, 3.63) is 54.4 Å². The summed E-state index contributed by atoms with van der Waals surface area (Å²) in [6.45, 7) is 5.94. The number of ether oxygens (including phenoxy) is 1. The van der Waals surface area contributed by atoms with Crippen LogP contribution in [0.2, 0.25) is 0 Å². The molecule has 1 amide bonds. The van der Waals surface area contributed by atoms with Gasteiger partial charge in [-0.05, 0) is 75.5 Å². The highest BCUT2D eigenvalue weighted by atomic mass is 32.1. The summed E-state index contributed by atoms with van der Waals surface area (Å²) in [5.74, 6) is 0.833. The number of anilines is 1. The van der Waals surface area contributed by atoms with Gasteiger partial charge in [0.25, 0.3) is 5.56 Å². The number of aromatic amines is 1. The van der Waals surface area contributed by atoms with Crippen LogP contribution in [0.25, 0.3) is 12.3 Å². The maximum Gasteiger partial charge on any atom is 0.266 e. The summed E-state index contributed by atoms with van der Waals surface area (Å²) in [7, 11) is 0. The number of piperidine rings is 1. The molecular weight excluding hydrogens is 508 g/mol. The first-order chi connectivity index (χ1) is 18.1. The van der Waals surface area contributed by atoms with Crippen LogP contribution in [0.15, 0.2) is 39.4 Å². The van der Waals surface area contributed by atoms with E-state index in [-0.39, 0.29) is 11.6 Å². The van der Waals surface area contributed by atoms with Gasteiger partial charge in [0.15, 0.2) is 5.13 Å². The van der Waals surface area contributed by atoms with Gasteiger partial charge in [-0.2, -0.15) is 10.2 Å². The van der Waals surface area contributed by atoms with E-state index in [1.807, 2.05) is 25.1 Å². The van der Waals surface area contributed by atoms with Crippen LogP contribution in [0.3, 0.4) is 0 Å². The molecule has 1 aromatic carbocycles. The average Bonchev–Trinajstić information content (AvgIpc) is 3.53. The van der Waals surface area contributed by atoms with E-state index in [0.29, 0.717) is 20.9 Å². The fourth-order valence-corrected chi connectivity index (χ4v) is 5.98. The number of hydrogen-bond acceptors (Lipinski definition) is 9. The first-order valence-corrected chi connectivity index (χ1v) is 14.2. The van der Waals surface area contributed by atoms with Gasteiger partial charge in [-0.15, -0.1) is 11.3 Å². The maximum atomic E-state index is 12.4. The monoisotopic (exact) mass is 538 g/mol. The molecule has 37 heavy (non-hydrogen) atoms. The number of aromatic nitrogens is 2. The molecular formula is C26H30N6O3S2. The molecule has 3 aromatic rings. The van der Waals surface area contributed by atoms with Gasteiger partial charge in [0.1, 0.15) is 17.0 Å². The topological polar surface area (TPSA) is 103 Å². The number of azo groups is 1. The third kappa shape index (κ3) is 6.79. The molecule has 1 saturated heterocycles. The Labute approximate surface area is 222 Å². The summed E-state index contributed by atoms with van der Waals surface area (Å²) in [4.78, 5) is 35.8. The van der Waals surface area contributed by atoms with Gasteiger partial charge in [-0.3, -0.25) is 19.4 Å². The lowest BCUT2D eigenvalue weighted by atomic mass is 10.1. The molecule has 2 aliphatic rings. The average molecular weight is 539 g/mol. The van der Waals surface area contributed by atoms with Gasteiger partial charge in [-0.25, -0.2) is 4.98 Å². The van der Waals surface area contributed by atoms with E-state index in [1.54, 1.807) is 23.4 Å². The Balaban J connectivity index is 1.21. The van der Waals surface area contributed by atoms with Crippen LogP contribution in [-0.4, -0.2) is 53.6 Å². The fourth-order valence-electron chi connectivity index (χ4n) is 4.20. The Morgan fingerprint density at radius 3 is 2.84 bits per heavy atom. The quantitative estimate of drug-likeness (QED) is 0.314. The second kappa shape index (κ2) is 11.9. The number of rotatable bonds is 10. The number of carbonyl (C=O) groups excluding carboxylic acids is 1. The van der Waals surface area contributed by atoms with Crippen molar-refractivity contribution >= 4 is 52.2 Å². The molecule has 0 bridgehead atoms. The zero-order valence-corrected chi connectivity index (χ0v) is 22.4. The van der Waals surface area contributed by atoms with E-state index >= 15 is 0 Å². The molecule has 1 aliphatic heterocycles. The fraction of sp³-hybridized carbons (Fsp3) is 0.423. The van der Waals surface area contributed by atoms with Crippen molar-refractivity contribution in [3.8, 4) is 5.75 Å². The molecule has 9 nitrogen and oxygen atoms in total. The molecule has 5 rings (SSSR count). The predicted octanol–water partition coefficient (Wildman–Crippen LogP) is 3.54. The second-order valence-corrected chi connectivity index (χ2v) is 11.4. The molecule has 3 heterocycles. The lowest BCUT2D eigenvalue weighted by Gasteiger charge is -2.26. The number of nitrogens with one attached hydrogen (secondary N) is 1. The Bertz CT molecular complexity index is 1430. The van der Waals surface area contributed by atoms with E-state index in [1.165, 1.54) is 55.0 Å². The van der Waals surface area contributed by atoms with E-state index in [9.17, 15) is 9.59 Å². The standard InChI is InChI=1S/C26H30N6O3S2/c1-18-13-20(35-12-11-31-9-3-2-4-10-31)7-8-22(18)30-28-16-24-29-25(34)23(37-24)14-21-15-27-26(36-21)32(17-33)19-5-6-19/h7-8,13-17,19H,2-6,9-12H2,1H3,(H,29,34)/b23-14-,24-16-,30-28?. The molecule has 0 radical (unpaired) electrons. The maximum absolute atomic E-state index is 12.4. The minimum atomic E-state index is -0.196. The van der Waals surface area contributed by atoms with Crippen LogP contribution < -0.4 is 24.4 Å². The highest BCUT2D eigenvalue weighted by Crippen LogP contribution is 2.33. The number of carbonyl (C=O) groups is 1. The Hall–Kier alpha value is -3.15. The number of aryl methyl sites for hydroxylation is 1. The largest absolute Gasteiger partial charge is 0.492 e. The normalized spacial score (nSPS) is 17.5. The molecule has 194 valence electrons. The van der Waals surface area contributed by atoms with Crippen molar-refractivity contribution in [3.63, 3.8) is 0 Å². The number of hydrogen-bond donors (Lipinski definition) is 1. The summed E-state index contributed by atoms with van der Waals surface area (Å²) in [6.07, 6.45) is 11.8. The van der Waals surface area contributed by atoms with Crippen LogP contribution in [0, 0.1) is 6.92 Å². The summed E-state index contributed by atoms with van der Waals surface area (Å²) in [5.41, 5.74) is 1.52. The highest BCUT2D eigenvalue weighted by molar-refractivity contribution is 7.16. The van der Waals surface area contributed by atoms with Crippen LogP contribution >= 0.6 is 22.7 Å². The molecule has 0 atom stereocenters. The van der Waals surface area contributed by atoms with Crippen molar-refractivity contribution in [1.82, 2.24) is 14.9 Å². The van der Waals surface area contributed by atoms with E-state index in [4.69, 9.17) is 4.74 Å². The number of H-pyrrole nitrogens is 1. The molecule has 2 fully saturated rings. The second-order valence-electron chi connectivity index (χ2n) is 9.26. The van der Waals surface area contributed by atoms with Gasteiger partial charge < -0.3 is 9.72 Å². The van der Waals surface area contributed by atoms with Crippen LogP contribution in [-0.2, 0) is 4.79 Å². The van der Waals surface area contributed by atoms with E-state index in [0.717, 1.165) is 47.7 Å². The van der Waals surface area contributed by atoms with Gasteiger partial charge >= 0.3 is 0 Å². The predicted molar refractivity (Wildman–Crippen MR) is 147 cm³/mol. The summed E-state index contributed by atoms with van der Waals surface area (Å²) < 4.78 is 7.08. The molecule has 2 aromatic heterocycles.